The summed E-state index contributed by atoms with van der Waals surface area (Å²) in [5, 5.41) is 0.370. The fourth-order valence-corrected chi connectivity index (χ4v) is 3.20. The zero-order chi connectivity index (χ0) is 14.9. The summed E-state index contributed by atoms with van der Waals surface area (Å²) in [6.07, 6.45) is 0. The summed E-state index contributed by atoms with van der Waals surface area (Å²) < 4.78 is 40.5. The van der Waals surface area contributed by atoms with Gasteiger partial charge in [-0.05, 0) is 36.8 Å². The predicted molar refractivity (Wildman–Crippen MR) is 77.8 cm³/mol. The molecule has 20 heavy (non-hydrogen) atoms. The quantitative estimate of drug-likeness (QED) is 0.855. The van der Waals surface area contributed by atoms with Crippen molar-refractivity contribution in [3.05, 3.63) is 52.8 Å². The highest BCUT2D eigenvalue weighted by molar-refractivity contribution is 7.92. The first kappa shape index (κ1) is 14.6. The highest BCUT2D eigenvalue weighted by Crippen LogP contribution is 2.27. The number of nitrogens with one attached hydrogen (secondary N) is 1. The van der Waals surface area contributed by atoms with Crippen LogP contribution in [0.25, 0.3) is 0 Å². The normalized spacial score (nSPS) is 11.3. The summed E-state index contributed by atoms with van der Waals surface area (Å²) in [5.41, 5.74) is 6.33. The Labute approximate surface area is 121 Å². The lowest BCUT2D eigenvalue weighted by Crippen LogP contribution is -2.17. The van der Waals surface area contributed by atoms with E-state index in [9.17, 15) is 12.8 Å². The molecule has 0 aliphatic carbocycles. The molecule has 7 heteroatoms. The number of halogens is 2. The van der Waals surface area contributed by atoms with Gasteiger partial charge in [-0.3, -0.25) is 4.72 Å². The zero-order valence-electron chi connectivity index (χ0n) is 10.5. The van der Waals surface area contributed by atoms with E-state index >= 15 is 0 Å². The van der Waals surface area contributed by atoms with Gasteiger partial charge in [0.25, 0.3) is 10.0 Å². The standard InChI is InChI=1S/C13H12ClFN2O2S/c1-8-5-6-9(14)7-12(8)17-20(18,19)13-10(15)3-2-4-11(13)16/h2-7,17H,16H2,1H3. The molecule has 0 bridgehead atoms. The van der Waals surface area contributed by atoms with Crippen molar-refractivity contribution in [2.75, 3.05) is 10.5 Å². The monoisotopic (exact) mass is 314 g/mol. The Morgan fingerprint density at radius 2 is 1.95 bits per heavy atom. The Morgan fingerprint density at radius 3 is 2.60 bits per heavy atom. The summed E-state index contributed by atoms with van der Waals surface area (Å²) in [4.78, 5) is -0.570. The van der Waals surface area contributed by atoms with Crippen LogP contribution in [0.3, 0.4) is 0 Å². The van der Waals surface area contributed by atoms with Gasteiger partial charge in [0, 0.05) is 5.02 Å². The van der Waals surface area contributed by atoms with Crippen LogP contribution in [0.1, 0.15) is 5.56 Å². The van der Waals surface area contributed by atoms with Gasteiger partial charge in [0.1, 0.15) is 10.7 Å². The second kappa shape index (κ2) is 5.30. The molecule has 4 nitrogen and oxygen atoms in total. The summed E-state index contributed by atoms with van der Waals surface area (Å²) in [5.74, 6) is -0.905. The van der Waals surface area contributed by atoms with E-state index in [2.05, 4.69) is 4.72 Å². The molecule has 2 aromatic carbocycles. The molecule has 0 aliphatic heterocycles. The van der Waals surface area contributed by atoms with E-state index in [1.807, 2.05) is 0 Å². The molecule has 0 unspecified atom stereocenters. The lowest BCUT2D eigenvalue weighted by molar-refractivity contribution is 0.572. The van der Waals surface area contributed by atoms with Crippen LogP contribution in [0.15, 0.2) is 41.3 Å². The van der Waals surface area contributed by atoms with Gasteiger partial charge < -0.3 is 5.73 Å². The van der Waals surface area contributed by atoms with E-state index in [4.69, 9.17) is 17.3 Å². The Hall–Kier alpha value is -1.79. The number of anilines is 2. The van der Waals surface area contributed by atoms with Crippen molar-refractivity contribution < 1.29 is 12.8 Å². The van der Waals surface area contributed by atoms with Crippen molar-refractivity contribution in [3.63, 3.8) is 0 Å². The predicted octanol–water partition coefficient (Wildman–Crippen LogP) is 3.17. The van der Waals surface area contributed by atoms with Crippen LogP contribution >= 0.6 is 11.6 Å². The fraction of sp³-hybridized carbons (Fsp3) is 0.0769. The molecule has 0 saturated heterocycles. The molecule has 0 spiro atoms. The summed E-state index contributed by atoms with van der Waals surface area (Å²) >= 11 is 5.82. The third kappa shape index (κ3) is 2.86. The molecule has 0 aliphatic rings. The van der Waals surface area contributed by atoms with Crippen LogP contribution in [-0.4, -0.2) is 8.42 Å². The van der Waals surface area contributed by atoms with Crippen LogP contribution in [0.4, 0.5) is 15.8 Å². The van der Waals surface area contributed by atoms with Gasteiger partial charge in [-0.15, -0.1) is 0 Å². The number of benzene rings is 2. The topological polar surface area (TPSA) is 72.2 Å². The van der Waals surface area contributed by atoms with E-state index in [0.29, 0.717) is 10.6 Å². The number of rotatable bonds is 3. The highest BCUT2D eigenvalue weighted by atomic mass is 35.5. The van der Waals surface area contributed by atoms with Crippen molar-refractivity contribution in [1.82, 2.24) is 0 Å². The van der Waals surface area contributed by atoms with Crippen LogP contribution in [0.5, 0.6) is 0 Å². The van der Waals surface area contributed by atoms with Gasteiger partial charge in [-0.2, -0.15) is 0 Å². The van der Waals surface area contributed by atoms with Crippen LogP contribution < -0.4 is 10.5 Å². The Morgan fingerprint density at radius 1 is 1.25 bits per heavy atom. The molecule has 2 rings (SSSR count). The van der Waals surface area contributed by atoms with E-state index in [1.54, 1.807) is 19.1 Å². The van der Waals surface area contributed by atoms with Crippen LogP contribution in [0.2, 0.25) is 5.02 Å². The first-order valence-corrected chi connectivity index (χ1v) is 7.50. The minimum Gasteiger partial charge on any atom is -0.398 e. The average Bonchev–Trinajstić information content (AvgIpc) is 2.33. The Kier molecular flexibility index (Phi) is 3.87. The second-order valence-corrected chi connectivity index (χ2v) is 6.28. The molecular weight excluding hydrogens is 303 g/mol. The number of sulfonamides is 1. The maximum Gasteiger partial charge on any atom is 0.266 e. The van der Waals surface area contributed by atoms with Gasteiger partial charge in [0.05, 0.1) is 11.4 Å². The van der Waals surface area contributed by atoms with Crippen molar-refractivity contribution >= 4 is 33.0 Å². The molecule has 0 atom stereocenters. The van der Waals surface area contributed by atoms with Gasteiger partial charge in [0.2, 0.25) is 0 Å². The molecule has 3 N–H and O–H groups in total. The number of nitrogen functional groups attached to an aromatic ring is 1. The van der Waals surface area contributed by atoms with Crippen molar-refractivity contribution in [1.29, 1.82) is 0 Å². The highest BCUT2D eigenvalue weighted by Gasteiger charge is 2.22. The maximum atomic E-state index is 13.7. The van der Waals surface area contributed by atoms with Crippen LogP contribution in [0, 0.1) is 12.7 Å². The smallest absolute Gasteiger partial charge is 0.266 e. The SMILES string of the molecule is Cc1ccc(Cl)cc1NS(=O)(=O)c1c(N)cccc1F. The van der Waals surface area contributed by atoms with Gasteiger partial charge in [-0.1, -0.05) is 23.7 Å². The molecular formula is C13H12ClFN2O2S. The first-order chi connectivity index (χ1) is 9.31. The third-order valence-electron chi connectivity index (χ3n) is 2.71. The summed E-state index contributed by atoms with van der Waals surface area (Å²) in [6.45, 7) is 1.71. The largest absolute Gasteiger partial charge is 0.398 e. The molecule has 2 aromatic rings. The molecule has 0 aromatic heterocycles. The summed E-state index contributed by atoms with van der Waals surface area (Å²) in [7, 11) is -4.12. The number of nitrogens with two attached hydrogens (primary N) is 1. The fourth-order valence-electron chi connectivity index (χ4n) is 1.71. The first-order valence-electron chi connectivity index (χ1n) is 5.64. The molecule has 0 amide bonds. The van der Waals surface area contributed by atoms with Gasteiger partial charge in [-0.25, -0.2) is 12.8 Å². The third-order valence-corrected chi connectivity index (χ3v) is 4.40. The molecule has 0 fully saturated rings. The van der Waals surface area contributed by atoms with E-state index < -0.39 is 20.7 Å². The Balaban J connectivity index is 2.49. The van der Waals surface area contributed by atoms with Crippen molar-refractivity contribution in [3.8, 4) is 0 Å². The lowest BCUT2D eigenvalue weighted by atomic mass is 10.2. The minimum absolute atomic E-state index is 0.155. The van der Waals surface area contributed by atoms with Crippen molar-refractivity contribution in [2.45, 2.75) is 11.8 Å². The second-order valence-electron chi connectivity index (χ2n) is 4.22. The molecule has 0 radical (unpaired) electrons. The zero-order valence-corrected chi connectivity index (χ0v) is 12.1. The average molecular weight is 315 g/mol. The maximum absolute atomic E-state index is 13.7. The van der Waals surface area contributed by atoms with E-state index in [1.165, 1.54) is 18.2 Å². The Bertz CT molecular complexity index is 743. The van der Waals surface area contributed by atoms with E-state index in [-0.39, 0.29) is 11.4 Å². The number of hydrogen-bond donors (Lipinski definition) is 2. The molecule has 106 valence electrons. The number of aryl methyl sites for hydroxylation is 1. The van der Waals surface area contributed by atoms with Gasteiger partial charge in [0.15, 0.2) is 0 Å². The minimum atomic E-state index is -4.12. The van der Waals surface area contributed by atoms with Gasteiger partial charge >= 0.3 is 0 Å². The lowest BCUT2D eigenvalue weighted by Gasteiger charge is -2.13. The molecule has 0 heterocycles. The molecule has 0 saturated carbocycles. The summed E-state index contributed by atoms with van der Waals surface area (Å²) in [6, 6.07) is 8.44. The van der Waals surface area contributed by atoms with E-state index in [0.717, 1.165) is 6.07 Å². The van der Waals surface area contributed by atoms with Crippen molar-refractivity contribution in [2.24, 2.45) is 0 Å². The van der Waals surface area contributed by atoms with Crippen LogP contribution in [-0.2, 0) is 10.0 Å². The number of hydrogen-bond acceptors (Lipinski definition) is 3.